The van der Waals surface area contributed by atoms with E-state index in [-0.39, 0.29) is 10.8 Å². The Kier molecular flexibility index (Phi) is 7.35. The predicted molar refractivity (Wildman–Crippen MR) is 103 cm³/mol. The van der Waals surface area contributed by atoms with E-state index in [2.05, 4.69) is 5.32 Å². The smallest absolute Gasteiger partial charge is 0.255 e. The van der Waals surface area contributed by atoms with E-state index in [1.807, 2.05) is 13.8 Å². The quantitative estimate of drug-likeness (QED) is 0.638. The Morgan fingerprint density at radius 1 is 1.11 bits per heavy atom. The first-order chi connectivity index (χ1) is 12.8. The molecule has 8 heteroatoms. The van der Waals surface area contributed by atoms with Gasteiger partial charge in [-0.05, 0) is 55.8 Å². The molecule has 0 unspecified atom stereocenters. The van der Waals surface area contributed by atoms with E-state index in [1.54, 1.807) is 18.2 Å². The van der Waals surface area contributed by atoms with E-state index in [0.29, 0.717) is 36.8 Å². The van der Waals surface area contributed by atoms with Crippen LogP contribution in [0.5, 0.6) is 5.75 Å². The van der Waals surface area contributed by atoms with Gasteiger partial charge < -0.3 is 14.8 Å². The molecule has 0 saturated carbocycles. The number of ether oxygens (including phenoxy) is 2. The lowest BCUT2D eigenvalue weighted by Gasteiger charge is -2.13. The van der Waals surface area contributed by atoms with Crippen LogP contribution in [0.4, 0.5) is 5.69 Å². The Balaban J connectivity index is 2.16. The molecule has 1 amide bonds. The summed E-state index contributed by atoms with van der Waals surface area (Å²) in [5, 5.41) is 7.79. The van der Waals surface area contributed by atoms with Crippen molar-refractivity contribution >= 4 is 21.6 Å². The van der Waals surface area contributed by atoms with Crippen molar-refractivity contribution in [2.75, 3.05) is 18.5 Å². The standard InChI is InChI=1S/C19H24N2O5S/c1-3-11-25-13-15-12-14(5-10-18(15)26-4-2)19(22)21-16-6-8-17(9-7-16)27(20,23)24/h5-10,12H,3-4,11,13H2,1-2H3,(H,21,22)(H2,20,23,24). The monoisotopic (exact) mass is 392 g/mol. The van der Waals surface area contributed by atoms with Crippen LogP contribution < -0.4 is 15.2 Å². The van der Waals surface area contributed by atoms with E-state index in [9.17, 15) is 13.2 Å². The normalized spacial score (nSPS) is 11.2. The number of sulfonamides is 1. The van der Waals surface area contributed by atoms with Gasteiger partial charge in [0, 0.05) is 23.4 Å². The first kappa shape index (κ1) is 20.9. The van der Waals surface area contributed by atoms with Gasteiger partial charge in [0.25, 0.3) is 5.91 Å². The van der Waals surface area contributed by atoms with E-state index < -0.39 is 10.0 Å². The number of carbonyl (C=O) groups is 1. The average Bonchev–Trinajstić information content (AvgIpc) is 2.63. The zero-order valence-electron chi connectivity index (χ0n) is 15.4. The van der Waals surface area contributed by atoms with Crippen LogP contribution in [0, 0.1) is 0 Å². The molecule has 0 aliphatic carbocycles. The van der Waals surface area contributed by atoms with Crippen molar-refractivity contribution in [1.82, 2.24) is 0 Å². The summed E-state index contributed by atoms with van der Waals surface area (Å²) in [5.41, 5.74) is 1.71. The number of hydrogen-bond donors (Lipinski definition) is 2. The number of carbonyl (C=O) groups excluding carboxylic acids is 1. The molecule has 2 rings (SSSR count). The molecule has 0 aliphatic heterocycles. The first-order valence-electron chi connectivity index (χ1n) is 8.62. The van der Waals surface area contributed by atoms with Crippen molar-refractivity contribution < 1.29 is 22.7 Å². The van der Waals surface area contributed by atoms with Gasteiger partial charge in [0.1, 0.15) is 5.75 Å². The highest BCUT2D eigenvalue weighted by atomic mass is 32.2. The van der Waals surface area contributed by atoms with Crippen LogP contribution in [0.15, 0.2) is 47.4 Å². The third kappa shape index (κ3) is 6.06. The van der Waals surface area contributed by atoms with Gasteiger partial charge in [0.05, 0.1) is 18.1 Å². The predicted octanol–water partition coefficient (Wildman–Crippen LogP) is 2.91. The summed E-state index contributed by atoms with van der Waals surface area (Å²) in [7, 11) is -3.77. The molecular weight excluding hydrogens is 368 g/mol. The largest absolute Gasteiger partial charge is 0.494 e. The number of nitrogens with two attached hydrogens (primary N) is 1. The second-order valence-corrected chi connectivity index (χ2v) is 7.39. The summed E-state index contributed by atoms with van der Waals surface area (Å²) in [6, 6.07) is 10.8. The Hall–Kier alpha value is -2.42. The molecule has 0 bridgehead atoms. The van der Waals surface area contributed by atoms with Crippen molar-refractivity contribution in [2.24, 2.45) is 5.14 Å². The molecule has 27 heavy (non-hydrogen) atoms. The van der Waals surface area contributed by atoms with Crippen molar-refractivity contribution in [1.29, 1.82) is 0 Å². The fourth-order valence-electron chi connectivity index (χ4n) is 2.39. The first-order valence-corrected chi connectivity index (χ1v) is 10.2. The summed E-state index contributed by atoms with van der Waals surface area (Å²) >= 11 is 0. The number of anilines is 1. The number of primary sulfonamides is 1. The summed E-state index contributed by atoms with van der Waals surface area (Å²) in [6.45, 7) is 5.41. The second-order valence-electron chi connectivity index (χ2n) is 5.83. The summed E-state index contributed by atoms with van der Waals surface area (Å²) in [6.07, 6.45) is 0.901. The van der Waals surface area contributed by atoms with E-state index in [4.69, 9.17) is 14.6 Å². The van der Waals surface area contributed by atoms with Gasteiger partial charge in [-0.1, -0.05) is 6.92 Å². The lowest BCUT2D eigenvalue weighted by atomic mass is 10.1. The Morgan fingerprint density at radius 2 is 1.81 bits per heavy atom. The van der Waals surface area contributed by atoms with Gasteiger partial charge in [-0.2, -0.15) is 0 Å². The molecule has 0 saturated heterocycles. The molecule has 3 N–H and O–H groups in total. The third-order valence-electron chi connectivity index (χ3n) is 3.67. The zero-order valence-corrected chi connectivity index (χ0v) is 16.2. The topological polar surface area (TPSA) is 108 Å². The molecule has 0 spiro atoms. The van der Waals surface area contributed by atoms with Crippen LogP contribution in [0.3, 0.4) is 0 Å². The maximum absolute atomic E-state index is 12.5. The van der Waals surface area contributed by atoms with Gasteiger partial charge in [-0.25, -0.2) is 13.6 Å². The van der Waals surface area contributed by atoms with E-state index in [1.165, 1.54) is 24.3 Å². The highest BCUT2D eigenvalue weighted by molar-refractivity contribution is 7.89. The molecule has 2 aromatic carbocycles. The van der Waals surface area contributed by atoms with Crippen LogP contribution in [-0.2, 0) is 21.4 Å². The lowest BCUT2D eigenvalue weighted by Crippen LogP contribution is -2.14. The molecule has 0 atom stereocenters. The lowest BCUT2D eigenvalue weighted by molar-refractivity contribution is 0.102. The highest BCUT2D eigenvalue weighted by Crippen LogP contribution is 2.22. The molecule has 146 valence electrons. The molecule has 0 aromatic heterocycles. The maximum atomic E-state index is 12.5. The fourth-order valence-corrected chi connectivity index (χ4v) is 2.90. The van der Waals surface area contributed by atoms with Crippen LogP contribution in [0.2, 0.25) is 0 Å². The fraction of sp³-hybridized carbons (Fsp3) is 0.316. The minimum absolute atomic E-state index is 0.0167. The van der Waals surface area contributed by atoms with Crippen LogP contribution >= 0.6 is 0 Å². The molecule has 0 heterocycles. The molecule has 2 aromatic rings. The number of amides is 1. The Labute approximate surface area is 159 Å². The number of benzene rings is 2. The minimum atomic E-state index is -3.77. The van der Waals surface area contributed by atoms with Crippen LogP contribution in [0.25, 0.3) is 0 Å². The van der Waals surface area contributed by atoms with Crippen molar-refractivity contribution in [3.63, 3.8) is 0 Å². The van der Waals surface area contributed by atoms with Gasteiger partial charge >= 0.3 is 0 Å². The third-order valence-corrected chi connectivity index (χ3v) is 4.60. The van der Waals surface area contributed by atoms with E-state index in [0.717, 1.165) is 12.0 Å². The second kappa shape index (κ2) is 9.50. The molecular formula is C19H24N2O5S. The zero-order chi connectivity index (χ0) is 19.9. The minimum Gasteiger partial charge on any atom is -0.494 e. The Morgan fingerprint density at radius 3 is 2.41 bits per heavy atom. The molecule has 0 radical (unpaired) electrons. The van der Waals surface area contributed by atoms with Crippen LogP contribution in [0.1, 0.15) is 36.2 Å². The summed E-state index contributed by atoms with van der Waals surface area (Å²) in [5.74, 6) is 0.362. The molecule has 7 nitrogen and oxygen atoms in total. The molecule has 0 aliphatic rings. The van der Waals surface area contributed by atoms with Crippen molar-refractivity contribution in [3.05, 3.63) is 53.6 Å². The number of nitrogens with one attached hydrogen (secondary N) is 1. The van der Waals surface area contributed by atoms with Gasteiger partial charge in [0.15, 0.2) is 0 Å². The Bertz CT molecular complexity index is 879. The van der Waals surface area contributed by atoms with Crippen LogP contribution in [-0.4, -0.2) is 27.5 Å². The van der Waals surface area contributed by atoms with E-state index >= 15 is 0 Å². The average molecular weight is 392 g/mol. The summed E-state index contributed by atoms with van der Waals surface area (Å²) < 4.78 is 33.7. The van der Waals surface area contributed by atoms with Crippen molar-refractivity contribution in [2.45, 2.75) is 31.8 Å². The highest BCUT2D eigenvalue weighted by Gasteiger charge is 2.12. The maximum Gasteiger partial charge on any atom is 0.255 e. The van der Waals surface area contributed by atoms with Gasteiger partial charge in [-0.15, -0.1) is 0 Å². The summed E-state index contributed by atoms with van der Waals surface area (Å²) in [4.78, 5) is 12.5. The molecule has 0 fully saturated rings. The number of hydrogen-bond acceptors (Lipinski definition) is 5. The number of rotatable bonds is 9. The van der Waals surface area contributed by atoms with Gasteiger partial charge in [0.2, 0.25) is 10.0 Å². The SMILES string of the molecule is CCCOCc1cc(C(=O)Nc2ccc(S(N)(=O)=O)cc2)ccc1OCC. The van der Waals surface area contributed by atoms with Crippen molar-refractivity contribution in [3.8, 4) is 5.75 Å². The van der Waals surface area contributed by atoms with Gasteiger partial charge in [-0.3, -0.25) is 4.79 Å².